The number of carbonyl (C=O) groups is 1. The number of nitrogens with zero attached hydrogens (tertiary/aromatic N) is 1. The fourth-order valence-electron chi connectivity index (χ4n) is 3.44. The third kappa shape index (κ3) is 5.44. The van der Waals surface area contributed by atoms with Crippen molar-refractivity contribution < 1.29 is 13.2 Å². The zero-order chi connectivity index (χ0) is 23.5. The molecule has 32 heavy (non-hydrogen) atoms. The number of anilines is 1. The lowest BCUT2D eigenvalue weighted by Crippen LogP contribution is -2.30. The number of amides is 1. The van der Waals surface area contributed by atoms with E-state index in [1.807, 2.05) is 70.2 Å². The quantitative estimate of drug-likeness (QED) is 0.517. The van der Waals surface area contributed by atoms with Gasteiger partial charge in [-0.3, -0.25) is 4.79 Å². The Kier molecular flexibility index (Phi) is 7.16. The number of hydrogen-bond donors (Lipinski definition) is 1. The first-order valence-electron chi connectivity index (χ1n) is 10.6. The van der Waals surface area contributed by atoms with E-state index in [0.717, 1.165) is 22.3 Å². The van der Waals surface area contributed by atoms with Crippen LogP contribution in [0.3, 0.4) is 0 Å². The van der Waals surface area contributed by atoms with Crippen LogP contribution in [0.5, 0.6) is 0 Å². The predicted molar refractivity (Wildman–Crippen MR) is 130 cm³/mol. The molecule has 0 aliphatic carbocycles. The monoisotopic (exact) mass is 450 g/mol. The van der Waals surface area contributed by atoms with Crippen LogP contribution in [0.15, 0.2) is 71.6 Å². The molecule has 0 unspecified atom stereocenters. The van der Waals surface area contributed by atoms with Crippen molar-refractivity contribution in [3.05, 3.63) is 83.4 Å². The highest BCUT2D eigenvalue weighted by Crippen LogP contribution is 2.25. The SMILES string of the molecule is Cc1ccc(C(=O)Nc2ccc(-c3ccc(S(=O)(=O)N(C)CC(C)C)cc3)cc2)cc1C. The van der Waals surface area contributed by atoms with Crippen molar-refractivity contribution >= 4 is 21.6 Å². The lowest BCUT2D eigenvalue weighted by atomic mass is 10.0. The molecule has 1 amide bonds. The average Bonchev–Trinajstić information content (AvgIpc) is 2.75. The Balaban J connectivity index is 1.72. The molecule has 0 heterocycles. The van der Waals surface area contributed by atoms with E-state index in [0.29, 0.717) is 17.8 Å². The van der Waals surface area contributed by atoms with Gasteiger partial charge in [0.2, 0.25) is 10.0 Å². The summed E-state index contributed by atoms with van der Waals surface area (Å²) in [5.41, 5.74) is 5.39. The number of rotatable bonds is 7. The normalized spacial score (nSPS) is 11.7. The molecule has 0 radical (unpaired) electrons. The van der Waals surface area contributed by atoms with Crippen LogP contribution in [0.4, 0.5) is 5.69 Å². The molecule has 0 saturated carbocycles. The maximum atomic E-state index is 12.7. The minimum atomic E-state index is -3.50. The van der Waals surface area contributed by atoms with Crippen LogP contribution in [0.2, 0.25) is 0 Å². The molecule has 3 aromatic rings. The van der Waals surface area contributed by atoms with E-state index in [2.05, 4.69) is 5.32 Å². The lowest BCUT2D eigenvalue weighted by Gasteiger charge is -2.19. The van der Waals surface area contributed by atoms with E-state index in [1.165, 1.54) is 4.31 Å². The molecule has 6 heteroatoms. The third-order valence-corrected chi connectivity index (χ3v) is 7.27. The van der Waals surface area contributed by atoms with Gasteiger partial charge in [-0.2, -0.15) is 0 Å². The zero-order valence-corrected chi connectivity index (χ0v) is 20.0. The summed E-state index contributed by atoms with van der Waals surface area (Å²) in [5, 5.41) is 2.92. The van der Waals surface area contributed by atoms with Gasteiger partial charge in [0.25, 0.3) is 5.91 Å². The van der Waals surface area contributed by atoms with Crippen LogP contribution in [0.1, 0.15) is 35.3 Å². The zero-order valence-electron chi connectivity index (χ0n) is 19.2. The molecule has 0 aromatic heterocycles. The Labute approximate surface area is 191 Å². The van der Waals surface area contributed by atoms with Gasteiger partial charge in [0, 0.05) is 24.8 Å². The van der Waals surface area contributed by atoms with Crippen molar-refractivity contribution in [2.45, 2.75) is 32.6 Å². The minimum Gasteiger partial charge on any atom is -0.322 e. The second-order valence-corrected chi connectivity index (χ2v) is 10.6. The van der Waals surface area contributed by atoms with Crippen molar-refractivity contribution in [1.82, 2.24) is 4.31 Å². The number of nitrogens with one attached hydrogen (secondary N) is 1. The average molecular weight is 451 g/mol. The maximum Gasteiger partial charge on any atom is 0.255 e. The molecule has 168 valence electrons. The number of aryl methyl sites for hydroxylation is 2. The molecule has 0 saturated heterocycles. The summed E-state index contributed by atoms with van der Waals surface area (Å²) in [6.45, 7) is 8.45. The van der Waals surface area contributed by atoms with E-state index >= 15 is 0 Å². The van der Waals surface area contributed by atoms with Gasteiger partial charge in [-0.05, 0) is 78.4 Å². The van der Waals surface area contributed by atoms with Gasteiger partial charge in [0.05, 0.1) is 4.90 Å². The van der Waals surface area contributed by atoms with E-state index in [1.54, 1.807) is 31.3 Å². The second kappa shape index (κ2) is 9.67. The number of hydrogen-bond acceptors (Lipinski definition) is 3. The van der Waals surface area contributed by atoms with E-state index < -0.39 is 10.0 Å². The first-order chi connectivity index (χ1) is 15.1. The number of sulfonamides is 1. The van der Waals surface area contributed by atoms with Gasteiger partial charge >= 0.3 is 0 Å². The van der Waals surface area contributed by atoms with E-state index in [4.69, 9.17) is 0 Å². The summed E-state index contributed by atoms with van der Waals surface area (Å²) < 4.78 is 26.8. The van der Waals surface area contributed by atoms with Crippen molar-refractivity contribution in [3.63, 3.8) is 0 Å². The Hall–Kier alpha value is -2.96. The molecule has 0 bridgehead atoms. The van der Waals surface area contributed by atoms with E-state index in [-0.39, 0.29) is 16.7 Å². The van der Waals surface area contributed by atoms with Gasteiger partial charge in [-0.1, -0.05) is 44.2 Å². The summed E-state index contributed by atoms with van der Waals surface area (Å²) in [6, 6.07) is 20.0. The second-order valence-electron chi connectivity index (χ2n) is 8.53. The topological polar surface area (TPSA) is 66.5 Å². The number of carbonyl (C=O) groups excluding carboxylic acids is 1. The van der Waals surface area contributed by atoms with Crippen molar-refractivity contribution in [2.75, 3.05) is 18.9 Å². The van der Waals surface area contributed by atoms with E-state index in [9.17, 15) is 13.2 Å². The van der Waals surface area contributed by atoms with Crippen LogP contribution in [0.25, 0.3) is 11.1 Å². The summed E-state index contributed by atoms with van der Waals surface area (Å²) >= 11 is 0. The van der Waals surface area contributed by atoms with Crippen molar-refractivity contribution in [2.24, 2.45) is 5.92 Å². The summed E-state index contributed by atoms with van der Waals surface area (Å²) in [7, 11) is -1.89. The smallest absolute Gasteiger partial charge is 0.255 e. The van der Waals surface area contributed by atoms with Crippen LogP contribution in [0, 0.1) is 19.8 Å². The first-order valence-corrected chi connectivity index (χ1v) is 12.1. The van der Waals surface area contributed by atoms with Gasteiger partial charge in [0.15, 0.2) is 0 Å². The van der Waals surface area contributed by atoms with Crippen LogP contribution < -0.4 is 5.32 Å². The van der Waals surface area contributed by atoms with Gasteiger partial charge in [0.1, 0.15) is 0 Å². The highest BCUT2D eigenvalue weighted by molar-refractivity contribution is 7.89. The van der Waals surface area contributed by atoms with Crippen molar-refractivity contribution in [1.29, 1.82) is 0 Å². The fraction of sp³-hybridized carbons (Fsp3) is 0.269. The molecule has 0 aliphatic rings. The van der Waals surface area contributed by atoms with Gasteiger partial charge in [-0.15, -0.1) is 0 Å². The number of benzene rings is 3. The summed E-state index contributed by atoms with van der Waals surface area (Å²) in [6.07, 6.45) is 0. The minimum absolute atomic E-state index is 0.152. The molecule has 5 nitrogen and oxygen atoms in total. The summed E-state index contributed by atoms with van der Waals surface area (Å²) in [4.78, 5) is 12.8. The Morgan fingerprint density at radius 2 is 1.44 bits per heavy atom. The molecule has 1 N–H and O–H groups in total. The maximum absolute atomic E-state index is 12.7. The van der Waals surface area contributed by atoms with Gasteiger partial charge in [-0.25, -0.2) is 12.7 Å². The Morgan fingerprint density at radius 1 is 0.875 bits per heavy atom. The van der Waals surface area contributed by atoms with Crippen LogP contribution >= 0.6 is 0 Å². The highest BCUT2D eigenvalue weighted by Gasteiger charge is 2.21. The molecule has 0 spiro atoms. The first kappa shape index (κ1) is 23.7. The molecule has 0 aliphatic heterocycles. The molecular formula is C26H30N2O3S. The standard InChI is InChI=1S/C26H30N2O3S/c1-18(2)17-28(5)32(30,31)25-14-10-22(11-15-25)21-8-12-24(13-9-21)27-26(29)23-7-6-19(3)20(4)16-23/h6-16,18H,17H2,1-5H3,(H,27,29). The molecule has 0 atom stereocenters. The van der Waals surface area contributed by atoms with Gasteiger partial charge < -0.3 is 5.32 Å². The Bertz CT molecular complexity index is 1200. The molecule has 3 rings (SSSR count). The third-order valence-electron chi connectivity index (χ3n) is 5.43. The molecular weight excluding hydrogens is 420 g/mol. The molecule has 0 fully saturated rings. The predicted octanol–water partition coefficient (Wildman–Crippen LogP) is 5.50. The fourth-order valence-corrected chi connectivity index (χ4v) is 4.78. The lowest BCUT2D eigenvalue weighted by molar-refractivity contribution is 0.102. The van der Waals surface area contributed by atoms with Crippen molar-refractivity contribution in [3.8, 4) is 11.1 Å². The largest absolute Gasteiger partial charge is 0.322 e. The van der Waals surface area contributed by atoms with Crippen LogP contribution in [-0.2, 0) is 10.0 Å². The van der Waals surface area contributed by atoms with Crippen LogP contribution in [-0.4, -0.2) is 32.2 Å². The highest BCUT2D eigenvalue weighted by atomic mass is 32.2. The Morgan fingerprint density at radius 3 is 1.97 bits per heavy atom. The molecule has 3 aromatic carbocycles. The summed E-state index contributed by atoms with van der Waals surface area (Å²) in [5.74, 6) is 0.101.